The van der Waals surface area contributed by atoms with Gasteiger partial charge in [-0.2, -0.15) is 0 Å². The first kappa shape index (κ1) is 17.8. The van der Waals surface area contributed by atoms with E-state index in [4.69, 9.17) is 9.84 Å². The highest BCUT2D eigenvalue weighted by atomic mass is 16.5. The van der Waals surface area contributed by atoms with Crippen molar-refractivity contribution in [2.24, 2.45) is 0 Å². The molecular weight excluding hydrogens is 300 g/mol. The zero-order valence-electron chi connectivity index (χ0n) is 13.9. The summed E-state index contributed by atoms with van der Waals surface area (Å²) < 4.78 is 5.95. The zero-order valence-corrected chi connectivity index (χ0v) is 13.9. The van der Waals surface area contributed by atoms with Crippen molar-refractivity contribution >= 4 is 5.97 Å². The predicted octanol–water partition coefficient (Wildman–Crippen LogP) is 5.32. The molecule has 0 saturated heterocycles. The van der Waals surface area contributed by atoms with Crippen molar-refractivity contribution in [2.45, 2.75) is 32.1 Å². The molecule has 24 heavy (non-hydrogen) atoms. The molecule has 0 aromatic heterocycles. The van der Waals surface area contributed by atoms with Gasteiger partial charge in [0.2, 0.25) is 0 Å². The lowest BCUT2D eigenvalue weighted by molar-refractivity contribution is -0.132. The van der Waals surface area contributed by atoms with Crippen LogP contribution in [0.5, 0.6) is 5.75 Å². The third-order valence-corrected chi connectivity index (χ3v) is 3.90. The molecule has 0 bridgehead atoms. The molecule has 3 nitrogen and oxygen atoms in total. The number of hydrogen-bond donors (Lipinski definition) is 1. The van der Waals surface area contributed by atoms with Crippen molar-refractivity contribution in [2.75, 3.05) is 6.61 Å². The summed E-state index contributed by atoms with van der Waals surface area (Å²) in [6.45, 7) is 4.21. The molecule has 0 aliphatic carbocycles. The summed E-state index contributed by atoms with van der Waals surface area (Å²) in [7, 11) is 0. The summed E-state index contributed by atoms with van der Waals surface area (Å²) in [4.78, 5) is 10.7. The van der Waals surface area contributed by atoms with Crippen LogP contribution in [0.4, 0.5) is 0 Å². The Labute approximate surface area is 143 Å². The van der Waals surface area contributed by atoms with E-state index in [0.29, 0.717) is 18.6 Å². The summed E-state index contributed by atoms with van der Waals surface area (Å²) in [6.07, 6.45) is 4.41. The SMILES string of the molecule is C=C(CCCCCCOc1ccccc1-c1ccccc1)C(=O)O. The molecule has 2 aromatic rings. The van der Waals surface area contributed by atoms with E-state index in [1.807, 2.05) is 36.4 Å². The van der Waals surface area contributed by atoms with Crippen LogP contribution in [-0.4, -0.2) is 17.7 Å². The van der Waals surface area contributed by atoms with E-state index in [9.17, 15) is 4.79 Å². The van der Waals surface area contributed by atoms with E-state index in [0.717, 1.165) is 42.6 Å². The van der Waals surface area contributed by atoms with E-state index in [1.54, 1.807) is 0 Å². The van der Waals surface area contributed by atoms with Crippen LogP contribution in [0.25, 0.3) is 11.1 Å². The fourth-order valence-electron chi connectivity index (χ4n) is 2.53. The van der Waals surface area contributed by atoms with Crippen molar-refractivity contribution in [1.82, 2.24) is 0 Å². The number of carbonyl (C=O) groups is 1. The van der Waals surface area contributed by atoms with Crippen LogP contribution in [-0.2, 0) is 4.79 Å². The Hall–Kier alpha value is -2.55. The molecule has 0 aliphatic rings. The molecule has 3 heteroatoms. The van der Waals surface area contributed by atoms with Gasteiger partial charge in [0.25, 0.3) is 0 Å². The molecule has 0 heterocycles. The van der Waals surface area contributed by atoms with E-state index >= 15 is 0 Å². The van der Waals surface area contributed by atoms with E-state index in [-0.39, 0.29) is 0 Å². The number of carboxylic acids is 1. The largest absolute Gasteiger partial charge is 0.493 e. The van der Waals surface area contributed by atoms with Gasteiger partial charge >= 0.3 is 5.97 Å². The van der Waals surface area contributed by atoms with Gasteiger partial charge < -0.3 is 9.84 Å². The molecule has 0 saturated carbocycles. The maximum absolute atomic E-state index is 10.7. The quantitative estimate of drug-likeness (QED) is 0.475. The van der Waals surface area contributed by atoms with Crippen LogP contribution in [0, 0.1) is 0 Å². The maximum atomic E-state index is 10.7. The minimum absolute atomic E-state index is 0.294. The summed E-state index contributed by atoms with van der Waals surface area (Å²) in [5, 5.41) is 8.75. The number of para-hydroxylation sites is 1. The minimum atomic E-state index is -0.893. The first-order valence-corrected chi connectivity index (χ1v) is 8.37. The number of carboxylic acid groups (broad SMARTS) is 1. The van der Waals surface area contributed by atoms with Gasteiger partial charge in [0.15, 0.2) is 0 Å². The van der Waals surface area contributed by atoms with Gasteiger partial charge in [-0.15, -0.1) is 0 Å². The fourth-order valence-corrected chi connectivity index (χ4v) is 2.53. The number of hydrogen-bond acceptors (Lipinski definition) is 2. The first-order chi connectivity index (χ1) is 11.7. The predicted molar refractivity (Wildman–Crippen MR) is 97.2 cm³/mol. The second-order valence-electron chi connectivity index (χ2n) is 5.78. The topological polar surface area (TPSA) is 46.5 Å². The average Bonchev–Trinajstić information content (AvgIpc) is 2.61. The average molecular weight is 324 g/mol. The van der Waals surface area contributed by atoms with Crippen LogP contribution < -0.4 is 4.74 Å². The van der Waals surface area contributed by atoms with Crippen LogP contribution in [0.3, 0.4) is 0 Å². The molecule has 2 aromatic carbocycles. The Bertz CT molecular complexity index is 662. The van der Waals surface area contributed by atoms with Crippen molar-refractivity contribution in [3.8, 4) is 16.9 Å². The van der Waals surface area contributed by atoms with Gasteiger partial charge in [-0.3, -0.25) is 0 Å². The molecule has 0 unspecified atom stereocenters. The molecule has 0 amide bonds. The lowest BCUT2D eigenvalue weighted by Crippen LogP contribution is -2.00. The number of unbranched alkanes of at least 4 members (excludes halogenated alkanes) is 3. The van der Waals surface area contributed by atoms with Gasteiger partial charge in [0.05, 0.1) is 6.61 Å². The monoisotopic (exact) mass is 324 g/mol. The first-order valence-electron chi connectivity index (χ1n) is 8.37. The van der Waals surface area contributed by atoms with Crippen LogP contribution in [0.1, 0.15) is 32.1 Å². The summed E-state index contributed by atoms with van der Waals surface area (Å²) in [5.74, 6) is 0.0128. The number of aliphatic carboxylic acids is 1. The van der Waals surface area contributed by atoms with Crippen molar-refractivity contribution in [3.63, 3.8) is 0 Å². The number of ether oxygens (including phenoxy) is 1. The lowest BCUT2D eigenvalue weighted by Gasteiger charge is -2.11. The molecule has 0 atom stereocenters. The van der Waals surface area contributed by atoms with Crippen molar-refractivity contribution in [1.29, 1.82) is 0 Å². The van der Waals surface area contributed by atoms with Crippen molar-refractivity contribution < 1.29 is 14.6 Å². The highest BCUT2D eigenvalue weighted by Gasteiger charge is 2.05. The van der Waals surface area contributed by atoms with Crippen molar-refractivity contribution in [3.05, 3.63) is 66.7 Å². The highest BCUT2D eigenvalue weighted by Crippen LogP contribution is 2.29. The minimum Gasteiger partial charge on any atom is -0.493 e. The molecule has 1 N–H and O–H groups in total. The van der Waals surface area contributed by atoms with Gasteiger partial charge in [0.1, 0.15) is 5.75 Å². The van der Waals surface area contributed by atoms with Crippen LogP contribution in [0.2, 0.25) is 0 Å². The summed E-state index contributed by atoms with van der Waals surface area (Å²) >= 11 is 0. The Morgan fingerprint density at radius 3 is 2.33 bits per heavy atom. The van der Waals surface area contributed by atoms with Gasteiger partial charge in [-0.05, 0) is 30.9 Å². The van der Waals surface area contributed by atoms with Crippen LogP contribution >= 0.6 is 0 Å². The molecule has 0 fully saturated rings. The zero-order chi connectivity index (χ0) is 17.2. The fraction of sp³-hybridized carbons (Fsp3) is 0.286. The molecular formula is C21H24O3. The van der Waals surface area contributed by atoms with E-state index < -0.39 is 5.97 Å². The second kappa shape index (κ2) is 9.56. The normalized spacial score (nSPS) is 10.3. The van der Waals surface area contributed by atoms with E-state index in [1.165, 1.54) is 0 Å². The highest BCUT2D eigenvalue weighted by molar-refractivity contribution is 5.85. The lowest BCUT2D eigenvalue weighted by atomic mass is 10.0. The molecule has 0 spiro atoms. The van der Waals surface area contributed by atoms with Gasteiger partial charge in [-0.25, -0.2) is 4.79 Å². The third kappa shape index (κ3) is 5.58. The second-order valence-corrected chi connectivity index (χ2v) is 5.78. The van der Waals surface area contributed by atoms with E-state index in [2.05, 4.69) is 24.8 Å². The summed E-state index contributed by atoms with van der Waals surface area (Å²) in [5.41, 5.74) is 2.55. The third-order valence-electron chi connectivity index (χ3n) is 3.90. The van der Waals surface area contributed by atoms with Gasteiger partial charge in [0, 0.05) is 11.1 Å². The molecule has 2 rings (SSSR count). The van der Waals surface area contributed by atoms with Crippen LogP contribution in [0.15, 0.2) is 66.7 Å². The molecule has 0 radical (unpaired) electrons. The van der Waals surface area contributed by atoms with Gasteiger partial charge in [-0.1, -0.05) is 68.0 Å². The Morgan fingerprint density at radius 2 is 1.58 bits per heavy atom. The number of rotatable bonds is 10. The standard InChI is InChI=1S/C21H24O3/c1-17(21(22)23)11-5-2-3-10-16-24-20-15-9-8-14-19(20)18-12-6-4-7-13-18/h4,6-9,12-15H,1-3,5,10-11,16H2,(H,22,23). The number of benzene rings is 2. The molecule has 0 aliphatic heterocycles. The Balaban J connectivity index is 1.74. The Kier molecular flexibility index (Phi) is 7.09. The maximum Gasteiger partial charge on any atom is 0.330 e. The molecule has 126 valence electrons. The smallest absolute Gasteiger partial charge is 0.330 e. The Morgan fingerprint density at radius 1 is 0.917 bits per heavy atom. The summed E-state index contributed by atoms with van der Waals surface area (Å²) in [6, 6.07) is 18.3.